The maximum absolute atomic E-state index is 4.22. The third-order valence-corrected chi connectivity index (χ3v) is 10.2. The Hall–Kier alpha value is -3.85. The molecule has 4 aromatic carbocycles. The summed E-state index contributed by atoms with van der Waals surface area (Å²) in [5.74, 6) is 0. The Morgan fingerprint density at radius 3 is 2.15 bits per heavy atom. The number of nitrogens with zero attached hydrogens (tertiary/aromatic N) is 3. The topological polar surface area (TPSA) is 21.7 Å². The zero-order chi connectivity index (χ0) is 32.4. The van der Waals surface area contributed by atoms with E-state index in [-0.39, 0.29) is 36.4 Å². The third kappa shape index (κ3) is 5.60. The second kappa shape index (κ2) is 12.0. The van der Waals surface area contributed by atoms with E-state index in [0.29, 0.717) is 0 Å². The van der Waals surface area contributed by atoms with Crippen LogP contribution in [0.4, 0.5) is 0 Å². The van der Waals surface area contributed by atoms with Crippen molar-refractivity contribution in [2.75, 3.05) is 0 Å². The standard InChI is InChI=1S/C32H35N2.C11H8N.Ir/c1-20-16-21(2)18-22(17-20)33-19-34-25-13-12-23-27(31(5,6)15-14-30(23,3)4)28(25)32(7,8)24-10-9-11-26(33)29(24)34;1-2-6-10(7-3-1)11-8-4-5-9-12-11;/h9-12,16-18H,14-15H2,1-8H3;1-6,8-9H;/q2*-1;+3. The minimum absolute atomic E-state index is 0. The second-order valence-corrected chi connectivity index (χ2v) is 15.0. The molecule has 6 aromatic rings. The molecule has 2 aliphatic rings. The van der Waals surface area contributed by atoms with E-state index in [1.807, 2.05) is 42.5 Å². The summed E-state index contributed by atoms with van der Waals surface area (Å²) in [4.78, 5) is 4.22. The minimum atomic E-state index is -0.121. The number of pyridine rings is 1. The molecule has 0 N–H and O–H groups in total. The third-order valence-electron chi connectivity index (χ3n) is 10.2. The fourth-order valence-corrected chi connectivity index (χ4v) is 7.75. The molecule has 3 nitrogen and oxygen atoms in total. The monoisotopic (exact) mass is 794 g/mol. The van der Waals surface area contributed by atoms with Gasteiger partial charge in [-0.05, 0) is 66.2 Å². The van der Waals surface area contributed by atoms with Crippen LogP contribution in [-0.2, 0) is 36.4 Å². The molecule has 238 valence electrons. The molecule has 8 rings (SSSR count). The molecule has 2 aromatic heterocycles. The van der Waals surface area contributed by atoms with Crippen LogP contribution < -0.4 is 4.57 Å². The van der Waals surface area contributed by atoms with Crippen LogP contribution in [0.1, 0.15) is 87.8 Å². The Labute approximate surface area is 294 Å². The van der Waals surface area contributed by atoms with Crippen molar-refractivity contribution in [1.29, 1.82) is 0 Å². The van der Waals surface area contributed by atoms with Crippen molar-refractivity contribution >= 4 is 11.0 Å². The van der Waals surface area contributed by atoms with E-state index in [2.05, 4.69) is 130 Å². The van der Waals surface area contributed by atoms with Gasteiger partial charge in [0.15, 0.2) is 0 Å². The van der Waals surface area contributed by atoms with Gasteiger partial charge >= 0.3 is 20.1 Å². The van der Waals surface area contributed by atoms with Gasteiger partial charge in [0.1, 0.15) is 0 Å². The van der Waals surface area contributed by atoms with E-state index in [4.69, 9.17) is 0 Å². The van der Waals surface area contributed by atoms with Gasteiger partial charge in [-0.2, -0.15) is 12.1 Å². The van der Waals surface area contributed by atoms with Crippen molar-refractivity contribution in [3.63, 3.8) is 0 Å². The maximum atomic E-state index is 4.22. The molecule has 0 unspecified atom stereocenters. The molecule has 0 saturated carbocycles. The summed E-state index contributed by atoms with van der Waals surface area (Å²) in [5, 5.41) is 0. The molecule has 0 amide bonds. The van der Waals surface area contributed by atoms with Crippen molar-refractivity contribution in [2.45, 2.75) is 84.5 Å². The van der Waals surface area contributed by atoms with Gasteiger partial charge in [0.05, 0.1) is 16.7 Å². The molecule has 0 atom stereocenters. The Kier molecular flexibility index (Phi) is 8.44. The summed E-state index contributed by atoms with van der Waals surface area (Å²) in [6, 6.07) is 36.4. The Balaban J connectivity index is 0.000000250. The average molecular weight is 794 g/mol. The maximum Gasteiger partial charge on any atom is 3.00 e. The van der Waals surface area contributed by atoms with Gasteiger partial charge in [0.2, 0.25) is 0 Å². The normalized spacial score (nSPS) is 16.3. The predicted octanol–water partition coefficient (Wildman–Crippen LogP) is 9.66. The van der Waals surface area contributed by atoms with Crippen molar-refractivity contribution in [1.82, 2.24) is 9.55 Å². The molecule has 0 bridgehead atoms. The Bertz CT molecular complexity index is 2030. The molecule has 0 fully saturated rings. The zero-order valence-electron chi connectivity index (χ0n) is 28.7. The van der Waals surface area contributed by atoms with Crippen LogP contribution >= 0.6 is 0 Å². The van der Waals surface area contributed by atoms with Crippen LogP contribution in [-0.4, -0.2) is 9.55 Å². The number of aromatic nitrogens is 3. The van der Waals surface area contributed by atoms with Gasteiger partial charge in [-0.15, -0.1) is 52.6 Å². The first-order chi connectivity index (χ1) is 21.9. The van der Waals surface area contributed by atoms with Gasteiger partial charge in [0.25, 0.3) is 6.33 Å². The quantitative estimate of drug-likeness (QED) is 0.127. The first-order valence-electron chi connectivity index (χ1n) is 16.4. The number of benzene rings is 4. The van der Waals surface area contributed by atoms with E-state index < -0.39 is 0 Å². The van der Waals surface area contributed by atoms with E-state index in [0.717, 1.165) is 11.3 Å². The fourth-order valence-electron chi connectivity index (χ4n) is 7.75. The van der Waals surface area contributed by atoms with E-state index >= 15 is 0 Å². The predicted molar refractivity (Wildman–Crippen MR) is 188 cm³/mol. The molecule has 0 radical (unpaired) electrons. The summed E-state index contributed by atoms with van der Waals surface area (Å²) in [6.07, 6.45) is 7.96. The fraction of sp³-hybridized carbons (Fsp3) is 0.302. The zero-order valence-corrected chi connectivity index (χ0v) is 31.1. The molecular formula is C43H43IrN3+. The largest absolute Gasteiger partial charge is 3.00 e. The van der Waals surface area contributed by atoms with Gasteiger partial charge in [-0.25, -0.2) is 0 Å². The summed E-state index contributed by atoms with van der Waals surface area (Å²) in [5.41, 5.74) is 15.3. The van der Waals surface area contributed by atoms with Crippen molar-refractivity contribution in [3.8, 4) is 22.6 Å². The molecule has 0 spiro atoms. The van der Waals surface area contributed by atoms with Gasteiger partial charge in [-0.1, -0.05) is 101 Å². The van der Waals surface area contributed by atoms with Crippen LogP contribution in [0.2, 0.25) is 0 Å². The van der Waals surface area contributed by atoms with Crippen molar-refractivity contribution in [2.24, 2.45) is 0 Å². The Morgan fingerprint density at radius 1 is 0.745 bits per heavy atom. The van der Waals surface area contributed by atoms with Crippen LogP contribution in [0.3, 0.4) is 0 Å². The molecule has 1 aliphatic heterocycles. The number of hydrogen-bond acceptors (Lipinski definition) is 1. The number of aryl methyl sites for hydroxylation is 2. The first-order valence-corrected chi connectivity index (χ1v) is 16.4. The second-order valence-electron chi connectivity index (χ2n) is 15.0. The van der Waals surface area contributed by atoms with Gasteiger partial charge in [-0.3, -0.25) is 4.57 Å². The number of rotatable bonds is 2. The van der Waals surface area contributed by atoms with Gasteiger partial charge in [0, 0.05) is 6.20 Å². The number of fused-ring (bicyclic) bond motifs is 4. The Morgan fingerprint density at radius 2 is 1.47 bits per heavy atom. The van der Waals surface area contributed by atoms with Crippen LogP contribution in [0.15, 0.2) is 91.1 Å². The average Bonchev–Trinajstić information content (AvgIpc) is 3.43. The molecule has 47 heavy (non-hydrogen) atoms. The van der Waals surface area contributed by atoms with E-state index in [9.17, 15) is 0 Å². The molecular weight excluding hydrogens is 751 g/mol. The summed E-state index contributed by atoms with van der Waals surface area (Å²) >= 11 is 0. The molecule has 0 saturated heterocycles. The summed E-state index contributed by atoms with van der Waals surface area (Å²) < 4.78 is 4.53. The number of imidazole rings is 1. The van der Waals surface area contributed by atoms with Crippen LogP contribution in [0.25, 0.3) is 33.7 Å². The number of para-hydroxylation sites is 1. The summed E-state index contributed by atoms with van der Waals surface area (Å²) in [6.45, 7) is 18.8. The van der Waals surface area contributed by atoms with Crippen LogP contribution in [0, 0.1) is 32.3 Å². The molecule has 3 heterocycles. The number of hydrogen-bond donors (Lipinski definition) is 0. The van der Waals surface area contributed by atoms with Crippen LogP contribution in [0.5, 0.6) is 0 Å². The molecule has 4 heteroatoms. The smallest absolute Gasteiger partial charge is 0.314 e. The van der Waals surface area contributed by atoms with Crippen molar-refractivity contribution < 1.29 is 24.7 Å². The van der Waals surface area contributed by atoms with Crippen molar-refractivity contribution in [3.05, 3.63) is 143 Å². The summed E-state index contributed by atoms with van der Waals surface area (Å²) in [7, 11) is 0. The minimum Gasteiger partial charge on any atom is -0.314 e. The molecule has 1 aliphatic carbocycles. The first kappa shape index (κ1) is 33.1. The van der Waals surface area contributed by atoms with Gasteiger partial charge < -0.3 is 9.55 Å². The van der Waals surface area contributed by atoms with E-state index in [1.165, 1.54) is 68.6 Å². The van der Waals surface area contributed by atoms with E-state index in [1.54, 1.807) is 6.20 Å². The SMILES string of the molecule is Cc1cc(C)cc(-n2[c-][n+]3c4c(cccc42)C(C)(C)c2c-3[c-]cc3c2C(C)(C)CCC3(C)C)c1.[Ir+3].[c-]1ccccc1-c1ccccn1.